The molecule has 6 N–H and O–H groups in total. The normalized spacial score (nSPS) is 9.53. The quantitative estimate of drug-likeness (QED) is 0.111. The van der Waals surface area contributed by atoms with E-state index in [0.29, 0.717) is 11.1 Å². The van der Waals surface area contributed by atoms with Gasteiger partial charge < -0.3 is 39.0 Å². The Bertz CT molecular complexity index is 1650. The average Bonchev–Trinajstić information content (AvgIpc) is 4.01. The molecule has 0 radical (unpaired) electrons. The van der Waals surface area contributed by atoms with Crippen LogP contribution in [-0.4, -0.2) is 85.7 Å². The Kier molecular flexibility index (Phi) is 21.9. The summed E-state index contributed by atoms with van der Waals surface area (Å²) >= 11 is 0. The van der Waals surface area contributed by atoms with Gasteiger partial charge in [-0.3, -0.25) is 0 Å². The van der Waals surface area contributed by atoms with Gasteiger partial charge in [0, 0.05) is 74.4 Å². The van der Waals surface area contributed by atoms with Crippen molar-refractivity contribution in [1.29, 1.82) is 0 Å². The van der Waals surface area contributed by atoms with E-state index in [1.807, 2.05) is 0 Å². The van der Waals surface area contributed by atoms with Crippen molar-refractivity contribution in [1.82, 2.24) is 59.8 Å². The summed E-state index contributed by atoms with van der Waals surface area (Å²) < 4.78 is 64.7. The zero-order chi connectivity index (χ0) is 36.2. The molecule has 8 aromatic rings. The maximum absolute atomic E-state index is 10.8. The summed E-state index contributed by atoms with van der Waals surface area (Å²) in [4.78, 5) is 37.8. The van der Waals surface area contributed by atoms with Gasteiger partial charge in [0.2, 0.25) is 0 Å². The number of nitrogens with one attached hydrogen (secondary N) is 6. The first-order valence-corrected chi connectivity index (χ1v) is 16.7. The number of imidazole rings is 6. The second kappa shape index (κ2) is 26.0. The second-order valence-electron chi connectivity index (χ2n) is 8.52. The summed E-state index contributed by atoms with van der Waals surface area (Å²) in [5, 5.41) is 0. The topological polar surface area (TPSA) is 286 Å². The number of H-pyrrole nitrogens is 6. The SMILES string of the molecule is O=S(=O)([O-])c1ccc(-c2ccc(S(=O)(=O)[O-])cc2)cc1.[Ni+2].c1c[nH]cn1.c1c[nH]cn1.c1c[nH]cn1.c1c[nH]cn1.c1c[nH]cn1.c1c[nH]cn1. The van der Waals surface area contributed by atoms with Crippen molar-refractivity contribution in [3.05, 3.63) is 161 Å². The predicted octanol–water partition coefficient (Wildman–Crippen LogP) is 3.62. The van der Waals surface area contributed by atoms with Gasteiger partial charge in [0.05, 0.1) is 47.8 Å². The number of nitrogens with zero attached hydrogens (tertiary/aromatic N) is 6. The zero-order valence-electron chi connectivity index (χ0n) is 26.3. The van der Waals surface area contributed by atoms with E-state index in [-0.39, 0.29) is 26.3 Å². The molecule has 18 nitrogen and oxygen atoms in total. The third kappa shape index (κ3) is 21.6. The van der Waals surface area contributed by atoms with E-state index in [1.165, 1.54) is 24.3 Å². The van der Waals surface area contributed by atoms with Gasteiger partial charge in [-0.25, -0.2) is 46.7 Å². The first kappa shape index (κ1) is 43.0. The maximum Gasteiger partial charge on any atom is 2.00 e. The molecule has 0 aliphatic heterocycles. The van der Waals surface area contributed by atoms with E-state index < -0.39 is 20.2 Å². The Morgan fingerprint density at radius 1 is 0.373 bits per heavy atom. The summed E-state index contributed by atoms with van der Waals surface area (Å²) in [6.07, 6.45) is 30.5. The summed E-state index contributed by atoms with van der Waals surface area (Å²) in [6, 6.07) is 10.3. The van der Waals surface area contributed by atoms with Crippen LogP contribution in [-0.2, 0) is 36.7 Å². The van der Waals surface area contributed by atoms with Crippen molar-refractivity contribution in [3.63, 3.8) is 0 Å². The molecule has 6 heterocycles. The van der Waals surface area contributed by atoms with Crippen molar-refractivity contribution in [3.8, 4) is 11.1 Å². The Morgan fingerprint density at radius 2 is 0.569 bits per heavy atom. The molecule has 0 atom stereocenters. The van der Waals surface area contributed by atoms with Crippen LogP contribution in [0.4, 0.5) is 0 Å². The predicted molar refractivity (Wildman–Crippen MR) is 179 cm³/mol. The minimum Gasteiger partial charge on any atom is -0.744 e. The molecule has 0 unspecified atom stereocenters. The first-order valence-electron chi connectivity index (χ1n) is 13.9. The standard InChI is InChI=1S/C12H10O6S2.6C3H4N2.Ni/c13-19(14,15)11-5-1-9(2-6-11)10-3-7-12(8-4-10)20(16,17)18;6*1-2-5-3-4-1;/h1-8H,(H,13,14,15)(H,16,17,18);6*1-3H,(H,4,5);/q;;;;;;;+2/p-2. The van der Waals surface area contributed by atoms with E-state index in [1.54, 1.807) is 112 Å². The van der Waals surface area contributed by atoms with Crippen molar-refractivity contribution in [2.24, 2.45) is 0 Å². The maximum atomic E-state index is 10.8. The molecule has 8 rings (SSSR count). The van der Waals surface area contributed by atoms with Crippen LogP contribution >= 0.6 is 0 Å². The first-order chi connectivity index (χ1) is 24.2. The summed E-state index contributed by atoms with van der Waals surface area (Å²) in [5.74, 6) is 0. The van der Waals surface area contributed by atoms with Crippen molar-refractivity contribution >= 4 is 20.2 Å². The Balaban J connectivity index is 0.000000339. The third-order valence-corrected chi connectivity index (χ3v) is 6.75. The fraction of sp³-hybridized carbons (Fsp3) is 0. The molecular weight excluding hydrogens is 747 g/mol. The minimum absolute atomic E-state index is 0. The van der Waals surface area contributed by atoms with Crippen LogP contribution in [0.1, 0.15) is 0 Å². The number of rotatable bonds is 3. The van der Waals surface area contributed by atoms with E-state index in [9.17, 15) is 25.9 Å². The van der Waals surface area contributed by atoms with Gasteiger partial charge in [-0.1, -0.05) is 24.3 Å². The fourth-order valence-electron chi connectivity index (χ4n) is 2.92. The molecule has 0 amide bonds. The van der Waals surface area contributed by atoms with E-state index in [4.69, 9.17) is 0 Å². The molecule has 0 saturated heterocycles. The van der Waals surface area contributed by atoms with Crippen LogP contribution in [0, 0.1) is 0 Å². The molecule has 0 fully saturated rings. The molecule has 0 spiro atoms. The number of aromatic amines is 6. The summed E-state index contributed by atoms with van der Waals surface area (Å²) in [5.41, 5.74) is 1.18. The van der Waals surface area contributed by atoms with Crippen molar-refractivity contribution in [2.75, 3.05) is 0 Å². The molecule has 6 aromatic heterocycles. The van der Waals surface area contributed by atoms with Gasteiger partial charge in [0.15, 0.2) is 0 Å². The van der Waals surface area contributed by atoms with Crippen LogP contribution in [0.25, 0.3) is 11.1 Å². The second-order valence-corrected chi connectivity index (χ2v) is 11.3. The van der Waals surface area contributed by atoms with E-state index in [2.05, 4.69) is 59.8 Å². The molecule has 51 heavy (non-hydrogen) atoms. The van der Waals surface area contributed by atoms with Crippen LogP contribution < -0.4 is 0 Å². The smallest absolute Gasteiger partial charge is 0.744 e. The van der Waals surface area contributed by atoms with Gasteiger partial charge in [0.25, 0.3) is 0 Å². The van der Waals surface area contributed by atoms with Crippen LogP contribution in [0.15, 0.2) is 171 Å². The van der Waals surface area contributed by atoms with E-state index >= 15 is 0 Å². The van der Waals surface area contributed by atoms with Gasteiger partial charge in [-0.15, -0.1) is 0 Å². The molecular formula is C30H32N12NiO6S2. The Labute approximate surface area is 303 Å². The number of hydrogen-bond acceptors (Lipinski definition) is 12. The van der Waals surface area contributed by atoms with Gasteiger partial charge in [-0.2, -0.15) is 0 Å². The minimum atomic E-state index is -4.50. The van der Waals surface area contributed by atoms with Crippen molar-refractivity contribution in [2.45, 2.75) is 9.79 Å². The monoisotopic (exact) mass is 778 g/mol. The van der Waals surface area contributed by atoms with Gasteiger partial charge in [-0.05, 0) is 35.4 Å². The molecule has 0 bridgehead atoms. The van der Waals surface area contributed by atoms with Crippen molar-refractivity contribution < 1.29 is 42.4 Å². The van der Waals surface area contributed by atoms with Crippen LogP contribution in [0.2, 0.25) is 0 Å². The molecule has 0 aliphatic rings. The summed E-state index contributed by atoms with van der Waals surface area (Å²) in [7, 11) is -9.00. The molecule has 0 aliphatic carbocycles. The number of benzene rings is 2. The van der Waals surface area contributed by atoms with Gasteiger partial charge >= 0.3 is 16.5 Å². The molecule has 21 heteroatoms. The largest absolute Gasteiger partial charge is 2.00 e. The number of hydrogen-bond donors (Lipinski definition) is 6. The Hall–Kier alpha value is -5.99. The average molecular weight is 779 g/mol. The van der Waals surface area contributed by atoms with Crippen LogP contribution in [0.5, 0.6) is 0 Å². The fourth-order valence-corrected chi connectivity index (χ4v) is 3.86. The van der Waals surface area contributed by atoms with Gasteiger partial charge in [0.1, 0.15) is 20.2 Å². The van der Waals surface area contributed by atoms with E-state index in [0.717, 1.165) is 24.3 Å². The number of aromatic nitrogens is 12. The molecule has 0 saturated carbocycles. The zero-order valence-corrected chi connectivity index (χ0v) is 28.9. The molecule has 2 aromatic carbocycles. The third-order valence-electron chi connectivity index (χ3n) is 5.05. The molecule has 270 valence electrons. The Morgan fingerprint density at radius 3 is 0.667 bits per heavy atom. The summed E-state index contributed by atoms with van der Waals surface area (Å²) in [6.45, 7) is 0. The van der Waals surface area contributed by atoms with Crippen LogP contribution in [0.3, 0.4) is 0 Å².